The van der Waals surface area contributed by atoms with Gasteiger partial charge in [-0.05, 0) is 50.6 Å². The summed E-state index contributed by atoms with van der Waals surface area (Å²) < 4.78 is 7.38. The Hall–Kier alpha value is -2.18. The number of carbonyl (C=O) groups is 1. The van der Waals surface area contributed by atoms with E-state index in [0.29, 0.717) is 32.2 Å². The molecule has 0 unspecified atom stereocenters. The highest BCUT2D eigenvalue weighted by molar-refractivity contribution is 5.95. The van der Waals surface area contributed by atoms with Crippen molar-refractivity contribution in [1.82, 2.24) is 20.0 Å². The van der Waals surface area contributed by atoms with Crippen molar-refractivity contribution in [3.63, 3.8) is 0 Å². The Morgan fingerprint density at radius 2 is 2.00 bits per heavy atom. The summed E-state index contributed by atoms with van der Waals surface area (Å²) in [6, 6.07) is 8.31. The zero-order valence-electron chi connectivity index (χ0n) is 15.3. The summed E-state index contributed by atoms with van der Waals surface area (Å²) in [7, 11) is 0. The second-order valence-electron chi connectivity index (χ2n) is 7.12. The van der Waals surface area contributed by atoms with Gasteiger partial charge in [-0.2, -0.15) is 5.10 Å². The maximum Gasteiger partial charge on any atom is 0.257 e. The van der Waals surface area contributed by atoms with Crippen LogP contribution in [-0.4, -0.2) is 60.0 Å². The number of benzene rings is 1. The van der Waals surface area contributed by atoms with Crippen molar-refractivity contribution < 1.29 is 9.53 Å². The SMILES string of the molecule is Cc1cccc(-n2ncc(C(=O)N3CCOCC3)c2C2CCNCC2)c1. The second kappa shape index (κ2) is 7.60. The normalized spacial score (nSPS) is 18.9. The first-order valence-electron chi connectivity index (χ1n) is 9.47. The van der Waals surface area contributed by atoms with Crippen LogP contribution in [0.15, 0.2) is 30.5 Å². The summed E-state index contributed by atoms with van der Waals surface area (Å²) in [6.07, 6.45) is 3.82. The van der Waals surface area contributed by atoms with Crippen molar-refractivity contribution in [2.24, 2.45) is 0 Å². The fraction of sp³-hybridized carbons (Fsp3) is 0.500. The van der Waals surface area contributed by atoms with E-state index in [9.17, 15) is 4.79 Å². The van der Waals surface area contributed by atoms with Crippen molar-refractivity contribution in [3.05, 3.63) is 47.3 Å². The van der Waals surface area contributed by atoms with Gasteiger partial charge in [0.05, 0.1) is 36.4 Å². The molecule has 1 N–H and O–H groups in total. The quantitative estimate of drug-likeness (QED) is 0.917. The number of nitrogens with zero attached hydrogens (tertiary/aromatic N) is 3. The minimum atomic E-state index is 0.0840. The number of aryl methyl sites for hydroxylation is 1. The Morgan fingerprint density at radius 1 is 1.23 bits per heavy atom. The molecule has 2 aliphatic heterocycles. The number of hydrogen-bond donors (Lipinski definition) is 1. The van der Waals surface area contributed by atoms with Crippen molar-refractivity contribution >= 4 is 5.91 Å². The maximum absolute atomic E-state index is 13.2. The van der Waals surface area contributed by atoms with Gasteiger partial charge in [-0.25, -0.2) is 4.68 Å². The predicted molar refractivity (Wildman–Crippen MR) is 99.9 cm³/mol. The molecule has 6 heteroatoms. The van der Waals surface area contributed by atoms with Gasteiger partial charge in [0.15, 0.2) is 0 Å². The highest BCUT2D eigenvalue weighted by Gasteiger charge is 2.29. The highest BCUT2D eigenvalue weighted by Crippen LogP contribution is 2.31. The van der Waals surface area contributed by atoms with Crippen LogP contribution in [0.5, 0.6) is 0 Å². The molecular formula is C20H26N4O2. The molecular weight excluding hydrogens is 328 g/mol. The van der Waals surface area contributed by atoms with Crippen LogP contribution in [0, 0.1) is 6.92 Å². The van der Waals surface area contributed by atoms with Crippen molar-refractivity contribution in [2.45, 2.75) is 25.7 Å². The van der Waals surface area contributed by atoms with Crippen LogP contribution in [0.3, 0.4) is 0 Å². The minimum Gasteiger partial charge on any atom is -0.378 e. The van der Waals surface area contributed by atoms with E-state index in [4.69, 9.17) is 4.74 Å². The summed E-state index contributed by atoms with van der Waals surface area (Å²) in [5.41, 5.74) is 4.03. The average molecular weight is 354 g/mol. The van der Waals surface area contributed by atoms with E-state index >= 15 is 0 Å². The molecule has 1 aromatic carbocycles. The van der Waals surface area contributed by atoms with Gasteiger partial charge in [0, 0.05) is 19.0 Å². The van der Waals surface area contributed by atoms with Gasteiger partial charge in [-0.3, -0.25) is 4.79 Å². The van der Waals surface area contributed by atoms with Gasteiger partial charge >= 0.3 is 0 Å². The highest BCUT2D eigenvalue weighted by atomic mass is 16.5. The first-order valence-corrected chi connectivity index (χ1v) is 9.47. The van der Waals surface area contributed by atoms with Crippen LogP contribution in [0.25, 0.3) is 5.69 Å². The summed E-state index contributed by atoms with van der Waals surface area (Å²) in [6.45, 7) is 6.57. The summed E-state index contributed by atoms with van der Waals surface area (Å²) in [5, 5.41) is 8.05. The van der Waals surface area contributed by atoms with Gasteiger partial charge in [-0.15, -0.1) is 0 Å². The van der Waals surface area contributed by atoms with E-state index in [-0.39, 0.29) is 5.91 Å². The molecule has 1 aromatic heterocycles. The van der Waals surface area contributed by atoms with Crippen molar-refractivity contribution in [3.8, 4) is 5.69 Å². The molecule has 0 bridgehead atoms. The first kappa shape index (κ1) is 17.2. The number of aromatic nitrogens is 2. The average Bonchev–Trinajstić information content (AvgIpc) is 3.14. The van der Waals surface area contributed by atoms with Crippen LogP contribution in [-0.2, 0) is 4.74 Å². The van der Waals surface area contributed by atoms with E-state index in [0.717, 1.165) is 42.9 Å². The number of hydrogen-bond acceptors (Lipinski definition) is 4. The Kier molecular flexibility index (Phi) is 5.04. The van der Waals surface area contributed by atoms with Gasteiger partial charge in [0.2, 0.25) is 0 Å². The summed E-state index contributed by atoms with van der Waals surface area (Å²) in [5.74, 6) is 0.431. The molecule has 1 amide bonds. The molecule has 3 heterocycles. The Morgan fingerprint density at radius 3 is 2.73 bits per heavy atom. The molecule has 0 atom stereocenters. The van der Waals surface area contributed by atoms with Crippen LogP contribution >= 0.6 is 0 Å². The van der Waals surface area contributed by atoms with E-state index in [2.05, 4.69) is 35.5 Å². The standard InChI is InChI=1S/C20H26N4O2/c1-15-3-2-4-17(13-15)24-19(16-5-7-21-8-6-16)18(14-22-24)20(25)23-9-11-26-12-10-23/h2-4,13-14,16,21H,5-12H2,1H3. The van der Waals surface area contributed by atoms with E-state index < -0.39 is 0 Å². The molecule has 0 saturated carbocycles. The lowest BCUT2D eigenvalue weighted by molar-refractivity contribution is 0.0301. The Bertz CT molecular complexity index is 774. The van der Waals surface area contributed by atoms with Gasteiger partial charge < -0.3 is 15.0 Å². The number of rotatable bonds is 3. The zero-order chi connectivity index (χ0) is 17.9. The fourth-order valence-electron chi connectivity index (χ4n) is 3.91. The molecule has 2 aromatic rings. The zero-order valence-corrected chi connectivity index (χ0v) is 15.3. The number of piperidine rings is 1. The molecule has 2 fully saturated rings. The second-order valence-corrected chi connectivity index (χ2v) is 7.12. The lowest BCUT2D eigenvalue weighted by atomic mass is 9.91. The van der Waals surface area contributed by atoms with E-state index in [1.165, 1.54) is 5.56 Å². The lowest BCUT2D eigenvalue weighted by Crippen LogP contribution is -2.41. The van der Waals surface area contributed by atoms with Gasteiger partial charge in [-0.1, -0.05) is 12.1 Å². The number of amides is 1. The molecule has 0 radical (unpaired) electrons. The topological polar surface area (TPSA) is 59.4 Å². The van der Waals surface area contributed by atoms with Crippen molar-refractivity contribution in [2.75, 3.05) is 39.4 Å². The number of carbonyl (C=O) groups excluding carboxylic acids is 1. The molecule has 0 aliphatic carbocycles. The summed E-state index contributed by atoms with van der Waals surface area (Å²) >= 11 is 0. The maximum atomic E-state index is 13.2. The molecule has 138 valence electrons. The molecule has 26 heavy (non-hydrogen) atoms. The number of ether oxygens (including phenoxy) is 1. The fourth-order valence-corrected chi connectivity index (χ4v) is 3.91. The largest absolute Gasteiger partial charge is 0.378 e. The lowest BCUT2D eigenvalue weighted by Gasteiger charge is -2.29. The van der Waals surface area contributed by atoms with E-state index in [1.54, 1.807) is 6.20 Å². The van der Waals surface area contributed by atoms with Gasteiger partial charge in [0.1, 0.15) is 0 Å². The van der Waals surface area contributed by atoms with Crippen molar-refractivity contribution in [1.29, 1.82) is 0 Å². The van der Waals surface area contributed by atoms with Crippen LogP contribution < -0.4 is 5.32 Å². The molecule has 2 saturated heterocycles. The van der Waals surface area contributed by atoms with Crippen LogP contribution in [0.2, 0.25) is 0 Å². The number of morpholine rings is 1. The molecule has 0 spiro atoms. The molecule has 6 nitrogen and oxygen atoms in total. The third-order valence-electron chi connectivity index (χ3n) is 5.31. The molecule has 2 aliphatic rings. The van der Waals surface area contributed by atoms with Gasteiger partial charge in [0.25, 0.3) is 5.91 Å². The summed E-state index contributed by atoms with van der Waals surface area (Å²) in [4.78, 5) is 15.1. The predicted octanol–water partition coefficient (Wildman–Crippen LogP) is 2.12. The third kappa shape index (κ3) is 3.39. The monoisotopic (exact) mass is 354 g/mol. The Labute approximate surface area is 154 Å². The van der Waals surface area contributed by atoms with Crippen LogP contribution in [0.4, 0.5) is 0 Å². The van der Waals surface area contributed by atoms with E-state index in [1.807, 2.05) is 15.6 Å². The minimum absolute atomic E-state index is 0.0840. The smallest absolute Gasteiger partial charge is 0.257 e. The Balaban J connectivity index is 1.74. The molecule has 4 rings (SSSR count). The first-order chi connectivity index (χ1) is 12.7. The van der Waals surface area contributed by atoms with Crippen LogP contribution in [0.1, 0.15) is 40.4 Å². The third-order valence-corrected chi connectivity index (χ3v) is 5.31. The number of nitrogens with one attached hydrogen (secondary N) is 1.